The van der Waals surface area contributed by atoms with E-state index in [0.717, 1.165) is 19.3 Å². The number of amides is 2. The van der Waals surface area contributed by atoms with Crippen LogP contribution in [0.3, 0.4) is 0 Å². The van der Waals surface area contributed by atoms with E-state index in [2.05, 4.69) is 17.2 Å². The van der Waals surface area contributed by atoms with Gasteiger partial charge in [0.2, 0.25) is 0 Å². The Labute approximate surface area is 112 Å². The highest BCUT2D eigenvalue weighted by Crippen LogP contribution is 2.23. The van der Waals surface area contributed by atoms with E-state index in [1.54, 1.807) is 6.07 Å². The highest BCUT2D eigenvalue weighted by atomic mass is 16.2. The van der Waals surface area contributed by atoms with Crippen molar-refractivity contribution in [2.75, 3.05) is 0 Å². The van der Waals surface area contributed by atoms with Crippen LogP contribution in [-0.4, -0.2) is 22.8 Å². The normalized spacial score (nSPS) is 22.8. The van der Waals surface area contributed by atoms with Gasteiger partial charge in [-0.15, -0.1) is 0 Å². The standard InChI is InChI=1S/C14H19N3O2/c1-9-4-2-3-5-11(9)17-14(19)10-6-7-12(13(15)18)16-8-10/h6-9,11H,2-5H2,1H3,(H2,15,18)(H,17,19). The lowest BCUT2D eigenvalue weighted by Crippen LogP contribution is -2.41. The molecular weight excluding hydrogens is 242 g/mol. The number of nitrogens with two attached hydrogens (primary N) is 1. The number of primary amides is 1. The summed E-state index contributed by atoms with van der Waals surface area (Å²) >= 11 is 0. The predicted molar refractivity (Wildman–Crippen MR) is 71.6 cm³/mol. The molecule has 0 aliphatic heterocycles. The van der Waals surface area contributed by atoms with E-state index < -0.39 is 5.91 Å². The third kappa shape index (κ3) is 3.30. The predicted octanol–water partition coefficient (Wildman–Crippen LogP) is 1.49. The van der Waals surface area contributed by atoms with Crippen LogP contribution in [0.1, 0.15) is 53.5 Å². The molecule has 0 spiro atoms. The zero-order chi connectivity index (χ0) is 13.8. The lowest BCUT2D eigenvalue weighted by Gasteiger charge is -2.29. The Kier molecular flexibility index (Phi) is 4.14. The van der Waals surface area contributed by atoms with Crippen LogP contribution in [0.5, 0.6) is 0 Å². The molecular formula is C14H19N3O2. The minimum absolute atomic E-state index is 0.137. The van der Waals surface area contributed by atoms with E-state index in [-0.39, 0.29) is 17.6 Å². The molecule has 2 amide bonds. The van der Waals surface area contributed by atoms with Crippen molar-refractivity contribution in [3.05, 3.63) is 29.6 Å². The molecule has 1 aliphatic rings. The van der Waals surface area contributed by atoms with Crippen molar-refractivity contribution in [2.24, 2.45) is 11.7 Å². The largest absolute Gasteiger partial charge is 0.364 e. The molecule has 2 unspecified atom stereocenters. The van der Waals surface area contributed by atoms with Gasteiger partial charge in [-0.05, 0) is 30.9 Å². The SMILES string of the molecule is CC1CCCCC1NC(=O)c1ccc(C(N)=O)nc1. The number of rotatable bonds is 3. The maximum Gasteiger partial charge on any atom is 0.267 e. The number of hydrogen-bond acceptors (Lipinski definition) is 3. The highest BCUT2D eigenvalue weighted by Gasteiger charge is 2.23. The fourth-order valence-corrected chi connectivity index (χ4v) is 2.46. The Bertz CT molecular complexity index is 470. The zero-order valence-electron chi connectivity index (χ0n) is 11.1. The van der Waals surface area contributed by atoms with Gasteiger partial charge in [0.1, 0.15) is 5.69 Å². The molecule has 2 atom stereocenters. The van der Waals surface area contributed by atoms with Gasteiger partial charge in [0.05, 0.1) is 5.56 Å². The van der Waals surface area contributed by atoms with Crippen LogP contribution >= 0.6 is 0 Å². The maximum absolute atomic E-state index is 12.1. The molecule has 0 radical (unpaired) electrons. The van der Waals surface area contributed by atoms with Crippen LogP contribution in [0.15, 0.2) is 18.3 Å². The van der Waals surface area contributed by atoms with E-state index in [0.29, 0.717) is 11.5 Å². The van der Waals surface area contributed by atoms with Gasteiger partial charge < -0.3 is 11.1 Å². The van der Waals surface area contributed by atoms with Crippen LogP contribution in [-0.2, 0) is 0 Å². The summed E-state index contributed by atoms with van der Waals surface area (Å²) in [5.74, 6) is -0.217. The van der Waals surface area contributed by atoms with E-state index in [1.165, 1.54) is 18.7 Å². The van der Waals surface area contributed by atoms with Gasteiger partial charge in [0.25, 0.3) is 11.8 Å². The number of carbonyl (C=O) groups excluding carboxylic acids is 2. The smallest absolute Gasteiger partial charge is 0.267 e. The topological polar surface area (TPSA) is 85.1 Å². The summed E-state index contributed by atoms with van der Waals surface area (Å²) in [5.41, 5.74) is 5.74. The van der Waals surface area contributed by atoms with Crippen molar-refractivity contribution in [2.45, 2.75) is 38.6 Å². The summed E-state index contributed by atoms with van der Waals surface area (Å²) in [6.07, 6.45) is 5.98. The summed E-state index contributed by atoms with van der Waals surface area (Å²) in [6, 6.07) is 3.29. The number of carbonyl (C=O) groups is 2. The molecule has 1 heterocycles. The number of nitrogens with zero attached hydrogens (tertiary/aromatic N) is 1. The second kappa shape index (κ2) is 5.82. The molecule has 1 aliphatic carbocycles. The van der Waals surface area contributed by atoms with Crippen molar-refractivity contribution in [1.82, 2.24) is 10.3 Å². The number of pyridine rings is 1. The summed E-state index contributed by atoms with van der Waals surface area (Å²) in [7, 11) is 0. The van der Waals surface area contributed by atoms with E-state index >= 15 is 0 Å². The second-order valence-electron chi connectivity index (χ2n) is 5.14. The average molecular weight is 261 g/mol. The molecule has 1 aromatic rings. The molecule has 3 N–H and O–H groups in total. The van der Waals surface area contributed by atoms with E-state index in [1.807, 2.05) is 0 Å². The lowest BCUT2D eigenvalue weighted by atomic mass is 9.86. The molecule has 2 rings (SSSR count). The molecule has 1 aromatic heterocycles. The summed E-state index contributed by atoms with van der Waals surface area (Å²) in [4.78, 5) is 26.8. The van der Waals surface area contributed by atoms with Crippen molar-refractivity contribution in [3.63, 3.8) is 0 Å². The van der Waals surface area contributed by atoms with Crippen LogP contribution < -0.4 is 11.1 Å². The van der Waals surface area contributed by atoms with Gasteiger partial charge in [-0.2, -0.15) is 0 Å². The fraction of sp³-hybridized carbons (Fsp3) is 0.500. The van der Waals surface area contributed by atoms with Crippen LogP contribution in [0.4, 0.5) is 0 Å². The molecule has 0 bridgehead atoms. The molecule has 1 saturated carbocycles. The van der Waals surface area contributed by atoms with E-state index in [9.17, 15) is 9.59 Å². The minimum atomic E-state index is -0.590. The Balaban J connectivity index is 2.01. The number of hydrogen-bond donors (Lipinski definition) is 2. The lowest BCUT2D eigenvalue weighted by molar-refractivity contribution is 0.0908. The van der Waals surface area contributed by atoms with Gasteiger partial charge in [-0.25, -0.2) is 0 Å². The Hall–Kier alpha value is -1.91. The first-order valence-electron chi connectivity index (χ1n) is 6.64. The molecule has 102 valence electrons. The Morgan fingerprint density at radius 3 is 2.63 bits per heavy atom. The van der Waals surface area contributed by atoms with Gasteiger partial charge >= 0.3 is 0 Å². The average Bonchev–Trinajstić information content (AvgIpc) is 2.41. The van der Waals surface area contributed by atoms with Crippen molar-refractivity contribution in [1.29, 1.82) is 0 Å². The minimum Gasteiger partial charge on any atom is -0.364 e. The van der Waals surface area contributed by atoms with Crippen LogP contribution in [0, 0.1) is 5.92 Å². The Morgan fingerprint density at radius 2 is 2.05 bits per heavy atom. The van der Waals surface area contributed by atoms with E-state index in [4.69, 9.17) is 5.73 Å². The first kappa shape index (κ1) is 13.5. The second-order valence-corrected chi connectivity index (χ2v) is 5.14. The Morgan fingerprint density at radius 1 is 1.32 bits per heavy atom. The van der Waals surface area contributed by atoms with Crippen molar-refractivity contribution < 1.29 is 9.59 Å². The monoisotopic (exact) mass is 261 g/mol. The quantitative estimate of drug-likeness (QED) is 0.864. The first-order valence-corrected chi connectivity index (χ1v) is 6.64. The third-order valence-electron chi connectivity index (χ3n) is 3.71. The van der Waals surface area contributed by atoms with Gasteiger partial charge in [0, 0.05) is 12.2 Å². The van der Waals surface area contributed by atoms with Crippen LogP contribution in [0.25, 0.3) is 0 Å². The maximum atomic E-state index is 12.1. The van der Waals surface area contributed by atoms with Crippen LogP contribution in [0.2, 0.25) is 0 Å². The number of aromatic nitrogens is 1. The summed E-state index contributed by atoms with van der Waals surface area (Å²) < 4.78 is 0. The molecule has 5 heteroatoms. The zero-order valence-corrected chi connectivity index (χ0v) is 11.1. The first-order chi connectivity index (χ1) is 9.08. The highest BCUT2D eigenvalue weighted by molar-refractivity contribution is 5.95. The fourth-order valence-electron chi connectivity index (χ4n) is 2.46. The third-order valence-corrected chi connectivity index (χ3v) is 3.71. The molecule has 0 saturated heterocycles. The van der Waals surface area contributed by atoms with Crippen molar-refractivity contribution >= 4 is 11.8 Å². The van der Waals surface area contributed by atoms with Crippen molar-refractivity contribution in [3.8, 4) is 0 Å². The molecule has 19 heavy (non-hydrogen) atoms. The van der Waals surface area contributed by atoms with Gasteiger partial charge in [0.15, 0.2) is 0 Å². The molecule has 1 fully saturated rings. The summed E-state index contributed by atoms with van der Waals surface area (Å²) in [6.45, 7) is 2.17. The molecule has 5 nitrogen and oxygen atoms in total. The number of nitrogens with one attached hydrogen (secondary N) is 1. The molecule has 0 aromatic carbocycles. The van der Waals surface area contributed by atoms with Gasteiger partial charge in [-0.3, -0.25) is 14.6 Å². The summed E-state index contributed by atoms with van der Waals surface area (Å²) in [5, 5.41) is 3.04. The van der Waals surface area contributed by atoms with Gasteiger partial charge in [-0.1, -0.05) is 19.8 Å².